The Kier molecular flexibility index (Phi) is 3.46. The van der Waals surface area contributed by atoms with Gasteiger partial charge in [-0.05, 0) is 28.1 Å². The number of para-hydroxylation sites is 1. The van der Waals surface area contributed by atoms with Gasteiger partial charge in [-0.1, -0.05) is 12.1 Å². The van der Waals surface area contributed by atoms with E-state index in [9.17, 15) is 14.7 Å². The number of β-amino-alcohol motifs (C(OH)–C–C–N with tert-alkyl or cyclic N) is 1. The molecule has 1 aliphatic heterocycles. The van der Waals surface area contributed by atoms with Crippen molar-refractivity contribution in [2.75, 3.05) is 6.54 Å². The minimum absolute atomic E-state index is 0.00594. The van der Waals surface area contributed by atoms with Crippen molar-refractivity contribution in [2.24, 2.45) is 0 Å². The standard InChI is InChI=1S/C14H12BrNO5/c15-9-3-1-2-7-4-11(21-12(7)9)13(18)16-6-8(17)5-10(16)14(19)20/h1-4,8,10,17H,5-6H2,(H,19,20)/t8-,10+/m1/s1. The number of fused-ring (bicyclic) bond motifs is 1. The molecule has 0 saturated carbocycles. The maximum atomic E-state index is 12.4. The number of carboxylic acids is 1. The third kappa shape index (κ3) is 2.43. The topological polar surface area (TPSA) is 91.0 Å². The highest BCUT2D eigenvalue weighted by Gasteiger charge is 2.40. The lowest BCUT2D eigenvalue weighted by Crippen LogP contribution is -2.40. The number of rotatable bonds is 2. The maximum absolute atomic E-state index is 12.4. The minimum Gasteiger partial charge on any atom is -0.480 e. The van der Waals surface area contributed by atoms with E-state index < -0.39 is 24.0 Å². The number of halogens is 1. The molecule has 6 nitrogen and oxygen atoms in total. The summed E-state index contributed by atoms with van der Waals surface area (Å²) in [6.45, 7) is -0.00594. The number of furan rings is 1. The average molecular weight is 354 g/mol. The molecule has 2 aromatic rings. The zero-order valence-electron chi connectivity index (χ0n) is 10.8. The molecule has 0 spiro atoms. The first-order chi connectivity index (χ1) is 9.97. The van der Waals surface area contributed by atoms with Crippen molar-refractivity contribution in [3.8, 4) is 0 Å². The lowest BCUT2D eigenvalue weighted by Gasteiger charge is -2.19. The lowest BCUT2D eigenvalue weighted by molar-refractivity contribution is -0.141. The predicted octanol–water partition coefficient (Wildman–Crippen LogP) is 1.86. The second kappa shape index (κ2) is 5.16. The Bertz CT molecular complexity index is 725. The highest BCUT2D eigenvalue weighted by atomic mass is 79.9. The Labute approximate surface area is 128 Å². The fourth-order valence-corrected chi connectivity index (χ4v) is 3.01. The van der Waals surface area contributed by atoms with Gasteiger partial charge < -0.3 is 19.5 Å². The first-order valence-corrected chi connectivity index (χ1v) is 7.16. The molecular weight excluding hydrogens is 342 g/mol. The summed E-state index contributed by atoms with van der Waals surface area (Å²) in [5.41, 5.74) is 0.535. The molecule has 1 aromatic carbocycles. The molecule has 1 amide bonds. The second-order valence-corrected chi connectivity index (χ2v) is 5.82. The molecule has 110 valence electrons. The Morgan fingerprint density at radius 2 is 2.14 bits per heavy atom. The molecule has 0 unspecified atom stereocenters. The van der Waals surface area contributed by atoms with E-state index in [1.807, 2.05) is 6.07 Å². The van der Waals surface area contributed by atoms with Crippen LogP contribution in [0.1, 0.15) is 17.0 Å². The maximum Gasteiger partial charge on any atom is 0.326 e. The summed E-state index contributed by atoms with van der Waals surface area (Å²) < 4.78 is 6.24. The third-order valence-corrected chi connectivity index (χ3v) is 4.16. The highest BCUT2D eigenvalue weighted by Crippen LogP contribution is 2.29. The number of hydrogen-bond donors (Lipinski definition) is 2. The number of aliphatic hydroxyl groups excluding tert-OH is 1. The summed E-state index contributed by atoms with van der Waals surface area (Å²) in [4.78, 5) is 24.7. The van der Waals surface area contributed by atoms with Gasteiger partial charge in [0.05, 0.1) is 10.6 Å². The molecule has 0 bridgehead atoms. The van der Waals surface area contributed by atoms with Crippen molar-refractivity contribution < 1.29 is 24.2 Å². The van der Waals surface area contributed by atoms with Crippen molar-refractivity contribution in [3.63, 3.8) is 0 Å². The molecular formula is C14H12BrNO5. The number of hydrogen-bond acceptors (Lipinski definition) is 4. The molecule has 1 fully saturated rings. The number of aliphatic hydroxyl groups is 1. The molecule has 2 atom stereocenters. The second-order valence-electron chi connectivity index (χ2n) is 4.97. The first kappa shape index (κ1) is 14.1. The minimum atomic E-state index is -1.13. The third-order valence-electron chi connectivity index (χ3n) is 3.53. The number of carbonyl (C=O) groups is 2. The molecule has 2 heterocycles. The zero-order valence-corrected chi connectivity index (χ0v) is 12.4. The SMILES string of the molecule is O=C(O)[C@@H]1C[C@@H](O)CN1C(=O)c1cc2cccc(Br)c2o1. The summed E-state index contributed by atoms with van der Waals surface area (Å²) in [6, 6.07) is 5.96. The van der Waals surface area contributed by atoms with Crippen LogP contribution in [-0.4, -0.2) is 45.7 Å². The van der Waals surface area contributed by atoms with Gasteiger partial charge in [0.2, 0.25) is 0 Å². The summed E-state index contributed by atoms with van der Waals surface area (Å²) in [5, 5.41) is 19.5. The summed E-state index contributed by atoms with van der Waals surface area (Å²) in [5.74, 6) is -1.59. The Morgan fingerprint density at radius 1 is 1.38 bits per heavy atom. The molecule has 7 heteroatoms. The molecule has 0 radical (unpaired) electrons. The van der Waals surface area contributed by atoms with Crippen LogP contribution in [0, 0.1) is 0 Å². The van der Waals surface area contributed by atoms with Crippen molar-refractivity contribution in [1.29, 1.82) is 0 Å². The van der Waals surface area contributed by atoms with Crippen LogP contribution in [0.15, 0.2) is 33.2 Å². The van der Waals surface area contributed by atoms with E-state index in [2.05, 4.69) is 15.9 Å². The number of aliphatic carboxylic acids is 1. The largest absolute Gasteiger partial charge is 0.480 e. The summed E-state index contributed by atoms with van der Waals surface area (Å²) in [7, 11) is 0. The fourth-order valence-electron chi connectivity index (χ4n) is 2.55. The van der Waals surface area contributed by atoms with Gasteiger partial charge in [-0.15, -0.1) is 0 Å². The van der Waals surface area contributed by atoms with E-state index in [0.29, 0.717) is 5.58 Å². The number of carbonyl (C=O) groups excluding carboxylic acids is 1. The molecule has 0 aliphatic carbocycles. The van der Waals surface area contributed by atoms with E-state index in [1.165, 1.54) is 0 Å². The van der Waals surface area contributed by atoms with E-state index in [0.717, 1.165) is 14.8 Å². The lowest BCUT2D eigenvalue weighted by atomic mass is 10.2. The van der Waals surface area contributed by atoms with E-state index >= 15 is 0 Å². The number of amides is 1. The van der Waals surface area contributed by atoms with E-state index in [4.69, 9.17) is 9.52 Å². The number of likely N-dealkylation sites (tertiary alicyclic amines) is 1. The van der Waals surface area contributed by atoms with Crippen LogP contribution in [-0.2, 0) is 4.79 Å². The fraction of sp³-hybridized carbons (Fsp3) is 0.286. The van der Waals surface area contributed by atoms with Gasteiger partial charge in [-0.3, -0.25) is 4.79 Å². The van der Waals surface area contributed by atoms with Gasteiger partial charge >= 0.3 is 5.97 Å². The van der Waals surface area contributed by atoms with E-state index in [-0.39, 0.29) is 18.7 Å². The first-order valence-electron chi connectivity index (χ1n) is 6.37. The molecule has 1 aromatic heterocycles. The predicted molar refractivity (Wildman–Crippen MR) is 77.0 cm³/mol. The number of carboxylic acid groups (broad SMARTS) is 1. The van der Waals surface area contributed by atoms with Gasteiger partial charge in [0, 0.05) is 18.4 Å². The highest BCUT2D eigenvalue weighted by molar-refractivity contribution is 9.10. The van der Waals surface area contributed by atoms with Gasteiger partial charge in [-0.2, -0.15) is 0 Å². The van der Waals surface area contributed by atoms with Crippen molar-refractivity contribution in [2.45, 2.75) is 18.6 Å². The van der Waals surface area contributed by atoms with Crippen molar-refractivity contribution in [3.05, 3.63) is 34.5 Å². The Balaban J connectivity index is 1.96. The van der Waals surface area contributed by atoms with Crippen molar-refractivity contribution in [1.82, 2.24) is 4.90 Å². The summed E-state index contributed by atoms with van der Waals surface area (Å²) >= 11 is 3.33. The molecule has 1 saturated heterocycles. The zero-order chi connectivity index (χ0) is 15.1. The molecule has 3 rings (SSSR count). The average Bonchev–Trinajstić information content (AvgIpc) is 3.02. The Hall–Kier alpha value is -1.86. The molecule has 21 heavy (non-hydrogen) atoms. The normalized spacial score (nSPS) is 21.9. The number of nitrogens with zero attached hydrogens (tertiary/aromatic N) is 1. The Morgan fingerprint density at radius 3 is 2.81 bits per heavy atom. The van der Waals surface area contributed by atoms with Crippen LogP contribution in [0.3, 0.4) is 0 Å². The van der Waals surface area contributed by atoms with Gasteiger partial charge in [0.25, 0.3) is 5.91 Å². The van der Waals surface area contributed by atoms with Crippen LogP contribution in [0.4, 0.5) is 0 Å². The molecule has 2 N–H and O–H groups in total. The van der Waals surface area contributed by atoms with Crippen molar-refractivity contribution >= 4 is 38.8 Å². The smallest absolute Gasteiger partial charge is 0.326 e. The van der Waals surface area contributed by atoms with Crippen LogP contribution in [0.2, 0.25) is 0 Å². The number of benzene rings is 1. The van der Waals surface area contributed by atoms with Gasteiger partial charge in [-0.25, -0.2) is 4.79 Å². The van der Waals surface area contributed by atoms with Crippen LogP contribution >= 0.6 is 15.9 Å². The van der Waals surface area contributed by atoms with Gasteiger partial charge in [0.1, 0.15) is 11.6 Å². The van der Waals surface area contributed by atoms with E-state index in [1.54, 1.807) is 18.2 Å². The molecule has 1 aliphatic rings. The van der Waals surface area contributed by atoms with Gasteiger partial charge in [0.15, 0.2) is 5.76 Å². The van der Waals surface area contributed by atoms with Crippen LogP contribution in [0.25, 0.3) is 11.0 Å². The van der Waals surface area contributed by atoms with Crippen LogP contribution < -0.4 is 0 Å². The monoisotopic (exact) mass is 353 g/mol. The summed E-state index contributed by atoms with van der Waals surface area (Å²) in [6.07, 6.45) is -0.795. The quantitative estimate of drug-likeness (QED) is 0.859. The van der Waals surface area contributed by atoms with Crippen LogP contribution in [0.5, 0.6) is 0 Å².